The van der Waals surface area contributed by atoms with Crippen LogP contribution in [0.4, 0.5) is 4.79 Å². The maximum atomic E-state index is 12.4. The zero-order valence-electron chi connectivity index (χ0n) is 17.3. The monoisotopic (exact) mass is 391 g/mol. The predicted molar refractivity (Wildman–Crippen MR) is 111 cm³/mol. The van der Waals surface area contributed by atoms with Gasteiger partial charge in [0.1, 0.15) is 6.61 Å². The lowest BCUT2D eigenvalue weighted by Gasteiger charge is -2.32. The Morgan fingerprint density at radius 1 is 1.18 bits per heavy atom. The zero-order chi connectivity index (χ0) is 20.4. The van der Waals surface area contributed by atoms with Crippen LogP contribution < -0.4 is 5.32 Å². The third-order valence-corrected chi connectivity index (χ3v) is 6.01. The lowest BCUT2D eigenvalue weighted by atomic mass is 9.81. The summed E-state index contributed by atoms with van der Waals surface area (Å²) in [5.74, 6) is 0.820. The highest BCUT2D eigenvalue weighted by Crippen LogP contribution is 2.29. The number of benzene rings is 1. The van der Waals surface area contributed by atoms with E-state index in [4.69, 9.17) is 4.74 Å². The molecule has 28 heavy (non-hydrogen) atoms. The molecule has 158 valence electrons. The van der Waals surface area contributed by atoms with E-state index in [1.807, 2.05) is 44.2 Å². The van der Waals surface area contributed by atoms with E-state index in [0.717, 1.165) is 24.8 Å². The Morgan fingerprint density at radius 3 is 2.46 bits per heavy atom. The van der Waals surface area contributed by atoms with Crippen LogP contribution in [0.5, 0.6) is 0 Å². The summed E-state index contributed by atoms with van der Waals surface area (Å²) in [6.07, 6.45) is 6.07. The first-order valence-electron chi connectivity index (χ1n) is 10.8. The summed E-state index contributed by atoms with van der Waals surface area (Å²) < 4.78 is 5.37. The molecule has 1 saturated carbocycles. The van der Waals surface area contributed by atoms with Gasteiger partial charge in [0.2, 0.25) is 0 Å². The summed E-state index contributed by atoms with van der Waals surface area (Å²) in [5, 5.41) is 23.4. The number of carbonyl (C=O) groups excluding carboxylic acids is 1. The Balaban J connectivity index is 1.94. The van der Waals surface area contributed by atoms with Crippen LogP contribution in [0.15, 0.2) is 30.3 Å². The molecule has 1 aliphatic carbocycles. The molecule has 1 aromatic carbocycles. The van der Waals surface area contributed by atoms with Gasteiger partial charge in [0.05, 0.1) is 12.1 Å². The molecule has 2 rings (SSSR count). The van der Waals surface area contributed by atoms with Crippen molar-refractivity contribution in [2.75, 3.05) is 6.61 Å². The van der Waals surface area contributed by atoms with Gasteiger partial charge in [0.25, 0.3) is 0 Å². The Kier molecular flexibility index (Phi) is 9.79. The van der Waals surface area contributed by atoms with E-state index >= 15 is 0 Å². The van der Waals surface area contributed by atoms with Gasteiger partial charge in [-0.1, -0.05) is 76.3 Å². The molecular formula is C23H37NO4. The molecule has 5 nitrogen and oxygen atoms in total. The van der Waals surface area contributed by atoms with Gasteiger partial charge in [-0.25, -0.2) is 4.79 Å². The number of hydrogen-bond donors (Lipinski definition) is 3. The number of aliphatic hydroxyl groups excluding tert-OH is 2. The van der Waals surface area contributed by atoms with E-state index in [2.05, 4.69) is 5.32 Å². The number of carbonyl (C=O) groups is 1. The molecule has 0 unspecified atom stereocenters. The average molecular weight is 392 g/mol. The van der Waals surface area contributed by atoms with Crippen LogP contribution in [-0.2, 0) is 11.3 Å². The number of ether oxygens (including phenoxy) is 1. The van der Waals surface area contributed by atoms with Crippen molar-refractivity contribution in [1.29, 1.82) is 0 Å². The van der Waals surface area contributed by atoms with Crippen LogP contribution in [0.3, 0.4) is 0 Å². The molecule has 0 aliphatic heterocycles. The van der Waals surface area contributed by atoms with E-state index in [9.17, 15) is 15.0 Å². The maximum Gasteiger partial charge on any atom is 0.407 e. The van der Waals surface area contributed by atoms with Gasteiger partial charge < -0.3 is 20.3 Å². The van der Waals surface area contributed by atoms with Gasteiger partial charge in [0.15, 0.2) is 0 Å². The third-order valence-electron chi connectivity index (χ3n) is 6.01. The van der Waals surface area contributed by atoms with E-state index in [-0.39, 0.29) is 31.1 Å². The molecule has 0 heterocycles. The Hall–Kier alpha value is -1.59. The molecule has 3 atom stereocenters. The second-order valence-electron chi connectivity index (χ2n) is 8.54. The Labute approximate surface area is 169 Å². The molecule has 3 N–H and O–H groups in total. The van der Waals surface area contributed by atoms with E-state index < -0.39 is 12.2 Å². The first-order valence-corrected chi connectivity index (χ1v) is 10.8. The molecule has 0 aromatic heterocycles. The zero-order valence-corrected chi connectivity index (χ0v) is 17.3. The fourth-order valence-corrected chi connectivity index (χ4v) is 4.04. The van der Waals surface area contributed by atoms with Crippen molar-refractivity contribution in [3.8, 4) is 0 Å². The smallest absolute Gasteiger partial charge is 0.407 e. The minimum absolute atomic E-state index is 0.0194. The van der Waals surface area contributed by atoms with Crippen LogP contribution in [0, 0.1) is 17.8 Å². The predicted octanol–water partition coefficient (Wildman–Crippen LogP) is 4.27. The molecule has 0 spiro atoms. The summed E-state index contributed by atoms with van der Waals surface area (Å²) in [6, 6.07) is 9.22. The normalized spacial score (nSPS) is 18.5. The molecule has 0 bridgehead atoms. The van der Waals surface area contributed by atoms with Gasteiger partial charge in [-0.3, -0.25) is 0 Å². The molecule has 0 saturated heterocycles. The molecule has 1 amide bonds. The minimum atomic E-state index is -0.689. The lowest BCUT2D eigenvalue weighted by molar-refractivity contribution is 0.0540. The van der Waals surface area contributed by atoms with Crippen molar-refractivity contribution in [2.24, 2.45) is 17.8 Å². The Morgan fingerprint density at radius 2 is 1.86 bits per heavy atom. The van der Waals surface area contributed by atoms with Crippen molar-refractivity contribution in [1.82, 2.24) is 5.32 Å². The van der Waals surface area contributed by atoms with Crippen molar-refractivity contribution >= 4 is 6.09 Å². The number of aliphatic hydroxyl groups is 2. The first-order chi connectivity index (χ1) is 13.5. The molecular weight excluding hydrogens is 354 g/mol. The Bertz CT molecular complexity index is 557. The highest BCUT2D eigenvalue weighted by atomic mass is 16.5. The van der Waals surface area contributed by atoms with E-state index in [1.165, 1.54) is 19.3 Å². The van der Waals surface area contributed by atoms with Gasteiger partial charge >= 0.3 is 6.09 Å². The molecule has 1 aliphatic rings. The fourth-order valence-electron chi connectivity index (χ4n) is 4.04. The quantitative estimate of drug-likeness (QED) is 0.557. The highest BCUT2D eigenvalue weighted by Gasteiger charge is 2.29. The topological polar surface area (TPSA) is 78.8 Å². The molecule has 1 fully saturated rings. The van der Waals surface area contributed by atoms with Crippen LogP contribution in [0.25, 0.3) is 0 Å². The van der Waals surface area contributed by atoms with E-state index in [1.54, 1.807) is 0 Å². The van der Waals surface area contributed by atoms with Gasteiger partial charge in [-0.05, 0) is 36.2 Å². The SMILES string of the molecule is CC(C)[C@H](CO)C[C@H](O)[C@H](CC1CCCCC1)NC(=O)OCc1ccccc1. The van der Waals surface area contributed by atoms with Crippen molar-refractivity contribution in [3.63, 3.8) is 0 Å². The second-order valence-corrected chi connectivity index (χ2v) is 8.54. The molecule has 5 heteroatoms. The number of hydrogen-bond acceptors (Lipinski definition) is 4. The number of nitrogens with one attached hydrogen (secondary N) is 1. The minimum Gasteiger partial charge on any atom is -0.445 e. The average Bonchev–Trinajstić information content (AvgIpc) is 2.71. The first kappa shape index (κ1) is 22.7. The van der Waals surface area contributed by atoms with Crippen LogP contribution in [-0.4, -0.2) is 35.1 Å². The fraction of sp³-hybridized carbons (Fsp3) is 0.696. The van der Waals surface area contributed by atoms with Crippen LogP contribution >= 0.6 is 0 Å². The summed E-state index contributed by atoms with van der Waals surface area (Å²) in [4.78, 5) is 12.4. The second kappa shape index (κ2) is 12.1. The van der Waals surface area contributed by atoms with Crippen LogP contribution in [0.1, 0.15) is 64.4 Å². The number of amides is 1. The van der Waals surface area contributed by atoms with Crippen LogP contribution in [0.2, 0.25) is 0 Å². The molecule has 0 radical (unpaired) electrons. The largest absolute Gasteiger partial charge is 0.445 e. The third kappa shape index (κ3) is 7.80. The van der Waals surface area contributed by atoms with Crippen molar-refractivity contribution in [2.45, 2.75) is 77.5 Å². The van der Waals surface area contributed by atoms with Crippen molar-refractivity contribution in [3.05, 3.63) is 35.9 Å². The standard InChI is InChI=1S/C23H37NO4/c1-17(2)20(15-25)14-22(26)21(13-18-9-5-3-6-10-18)24-23(27)28-16-19-11-7-4-8-12-19/h4,7-8,11-12,17-18,20-22,25-26H,3,5-6,9-10,13-16H2,1-2H3,(H,24,27)/t20-,21-,22-/m0/s1. The lowest BCUT2D eigenvalue weighted by Crippen LogP contribution is -2.46. The summed E-state index contributed by atoms with van der Waals surface area (Å²) in [5.41, 5.74) is 0.933. The summed E-state index contributed by atoms with van der Waals surface area (Å²) in [6.45, 7) is 4.35. The maximum absolute atomic E-state index is 12.4. The summed E-state index contributed by atoms with van der Waals surface area (Å²) >= 11 is 0. The highest BCUT2D eigenvalue weighted by molar-refractivity contribution is 5.67. The van der Waals surface area contributed by atoms with Gasteiger partial charge in [-0.15, -0.1) is 0 Å². The number of alkyl carbamates (subject to hydrolysis) is 1. The van der Waals surface area contributed by atoms with E-state index in [0.29, 0.717) is 12.3 Å². The van der Waals surface area contributed by atoms with Gasteiger partial charge in [0, 0.05) is 6.61 Å². The number of rotatable bonds is 10. The summed E-state index contributed by atoms with van der Waals surface area (Å²) in [7, 11) is 0. The van der Waals surface area contributed by atoms with Gasteiger partial charge in [-0.2, -0.15) is 0 Å². The molecule has 1 aromatic rings. The van der Waals surface area contributed by atoms with Crippen molar-refractivity contribution < 1.29 is 19.7 Å².